The number of nitrogens with zero attached hydrogens (tertiary/aromatic N) is 1. The van der Waals surface area contributed by atoms with Crippen molar-refractivity contribution in [3.8, 4) is 5.75 Å². The molecule has 0 amide bonds. The molecule has 0 radical (unpaired) electrons. The molecule has 1 rings (SSSR count). The number of anilines is 2. The van der Waals surface area contributed by atoms with Crippen LogP contribution in [0.15, 0.2) is 12.1 Å². The van der Waals surface area contributed by atoms with Crippen molar-refractivity contribution in [2.75, 3.05) is 30.3 Å². The Kier molecular flexibility index (Phi) is 6.46. The fourth-order valence-electron chi connectivity index (χ4n) is 1.95. The predicted octanol–water partition coefficient (Wildman–Crippen LogP) is 3.82. The van der Waals surface area contributed by atoms with E-state index in [0.29, 0.717) is 18.0 Å². The molecule has 0 aliphatic heterocycles. The third kappa shape index (κ3) is 4.30. The summed E-state index contributed by atoms with van der Waals surface area (Å²) in [5, 5.41) is 0. The van der Waals surface area contributed by atoms with Crippen LogP contribution in [-0.4, -0.2) is 19.7 Å². The van der Waals surface area contributed by atoms with Gasteiger partial charge >= 0.3 is 0 Å². The predicted molar refractivity (Wildman–Crippen MR) is 79.4 cm³/mol. The van der Waals surface area contributed by atoms with Gasteiger partial charge in [-0.1, -0.05) is 20.3 Å². The molecule has 0 bridgehead atoms. The van der Waals surface area contributed by atoms with E-state index >= 15 is 0 Å². The smallest absolute Gasteiger partial charge is 0.167 e. The lowest BCUT2D eigenvalue weighted by Crippen LogP contribution is -2.25. The van der Waals surface area contributed by atoms with Crippen LogP contribution in [0.5, 0.6) is 5.75 Å². The molecule has 0 saturated carbocycles. The molecule has 1 aromatic rings. The van der Waals surface area contributed by atoms with Crippen LogP contribution in [0.25, 0.3) is 0 Å². The van der Waals surface area contributed by atoms with E-state index in [4.69, 9.17) is 10.5 Å². The number of rotatable bonds is 8. The fraction of sp³-hybridized carbons (Fsp3) is 0.600. The van der Waals surface area contributed by atoms with Gasteiger partial charge in [0.05, 0.1) is 18.0 Å². The van der Waals surface area contributed by atoms with E-state index in [1.54, 1.807) is 6.07 Å². The molecule has 0 atom stereocenters. The highest BCUT2D eigenvalue weighted by Crippen LogP contribution is 2.31. The number of ether oxygens (including phenoxy) is 1. The molecule has 0 aliphatic carbocycles. The van der Waals surface area contributed by atoms with Crippen LogP contribution in [0.4, 0.5) is 15.8 Å². The monoisotopic (exact) mass is 268 g/mol. The zero-order valence-corrected chi connectivity index (χ0v) is 12.2. The van der Waals surface area contributed by atoms with E-state index in [1.807, 2.05) is 6.92 Å². The molecule has 2 N–H and O–H groups in total. The molecule has 4 heteroatoms. The summed E-state index contributed by atoms with van der Waals surface area (Å²) < 4.78 is 19.2. The van der Waals surface area contributed by atoms with Crippen LogP contribution in [0, 0.1) is 5.82 Å². The molecule has 0 spiro atoms. The highest BCUT2D eigenvalue weighted by atomic mass is 19.1. The third-order valence-corrected chi connectivity index (χ3v) is 3.05. The first-order valence-corrected chi connectivity index (χ1v) is 7.10. The second-order valence-electron chi connectivity index (χ2n) is 4.62. The van der Waals surface area contributed by atoms with Gasteiger partial charge in [0.25, 0.3) is 0 Å². The fourth-order valence-corrected chi connectivity index (χ4v) is 1.95. The van der Waals surface area contributed by atoms with Crippen molar-refractivity contribution in [1.82, 2.24) is 0 Å². The van der Waals surface area contributed by atoms with Gasteiger partial charge in [-0.3, -0.25) is 0 Å². The molecule has 108 valence electrons. The molecule has 19 heavy (non-hydrogen) atoms. The number of unbranched alkanes of at least 4 members (excludes halogenated alkanes) is 1. The minimum absolute atomic E-state index is 0.293. The number of nitrogens with two attached hydrogens (primary N) is 1. The Labute approximate surface area is 115 Å². The molecule has 0 fully saturated rings. The van der Waals surface area contributed by atoms with Crippen molar-refractivity contribution in [2.24, 2.45) is 0 Å². The maximum Gasteiger partial charge on any atom is 0.167 e. The summed E-state index contributed by atoms with van der Waals surface area (Å²) in [5.74, 6) is -0.0951. The third-order valence-electron chi connectivity index (χ3n) is 3.05. The zero-order chi connectivity index (χ0) is 14.3. The van der Waals surface area contributed by atoms with Crippen molar-refractivity contribution < 1.29 is 9.13 Å². The Balaban J connectivity index is 2.97. The van der Waals surface area contributed by atoms with Gasteiger partial charge in [0, 0.05) is 25.2 Å². The molecule has 0 saturated heterocycles. The quantitative estimate of drug-likeness (QED) is 0.728. The molecule has 0 aromatic heterocycles. The molecular weight excluding hydrogens is 243 g/mol. The van der Waals surface area contributed by atoms with Crippen LogP contribution in [0.1, 0.15) is 40.0 Å². The van der Waals surface area contributed by atoms with Gasteiger partial charge in [-0.15, -0.1) is 0 Å². The second-order valence-corrected chi connectivity index (χ2v) is 4.62. The van der Waals surface area contributed by atoms with Gasteiger partial charge in [-0.2, -0.15) is 0 Å². The van der Waals surface area contributed by atoms with Crippen LogP contribution < -0.4 is 15.4 Å². The van der Waals surface area contributed by atoms with Crippen molar-refractivity contribution >= 4 is 11.4 Å². The standard InChI is InChI=1S/C15H25FN2O/c1-4-7-8-18(6-3)14-11-15(19-9-5-2)12(16)10-13(14)17/h10-11H,4-9,17H2,1-3H3. The normalized spacial score (nSPS) is 10.5. The summed E-state index contributed by atoms with van der Waals surface area (Å²) in [7, 11) is 0. The Bertz CT molecular complexity index is 396. The van der Waals surface area contributed by atoms with Gasteiger partial charge in [-0.05, 0) is 19.8 Å². The molecule has 0 aliphatic rings. The first-order valence-electron chi connectivity index (χ1n) is 7.10. The molecule has 0 heterocycles. The molecule has 3 nitrogen and oxygen atoms in total. The van der Waals surface area contributed by atoms with Gasteiger partial charge in [0.2, 0.25) is 0 Å². The summed E-state index contributed by atoms with van der Waals surface area (Å²) in [6.07, 6.45) is 3.07. The summed E-state index contributed by atoms with van der Waals surface area (Å²) in [6, 6.07) is 3.08. The number of halogens is 1. The largest absolute Gasteiger partial charge is 0.490 e. The number of hydrogen-bond donors (Lipinski definition) is 1. The van der Waals surface area contributed by atoms with E-state index < -0.39 is 0 Å². The van der Waals surface area contributed by atoms with Gasteiger partial charge in [0.15, 0.2) is 11.6 Å². The SMILES string of the molecule is CCCCN(CC)c1cc(OCCC)c(F)cc1N. The lowest BCUT2D eigenvalue weighted by molar-refractivity contribution is 0.301. The highest BCUT2D eigenvalue weighted by Gasteiger charge is 2.13. The first kappa shape index (κ1) is 15.6. The average molecular weight is 268 g/mol. The van der Waals surface area contributed by atoms with E-state index in [0.717, 1.165) is 38.0 Å². The maximum absolute atomic E-state index is 13.7. The molecule has 0 unspecified atom stereocenters. The topological polar surface area (TPSA) is 38.5 Å². The summed E-state index contributed by atoms with van der Waals surface area (Å²) in [5.41, 5.74) is 7.27. The lowest BCUT2D eigenvalue weighted by atomic mass is 10.2. The van der Waals surface area contributed by atoms with E-state index in [-0.39, 0.29) is 5.82 Å². The van der Waals surface area contributed by atoms with Crippen molar-refractivity contribution in [3.05, 3.63) is 17.9 Å². The van der Waals surface area contributed by atoms with Gasteiger partial charge < -0.3 is 15.4 Å². The summed E-state index contributed by atoms with van der Waals surface area (Å²) in [4.78, 5) is 2.16. The van der Waals surface area contributed by atoms with Gasteiger partial charge in [0.1, 0.15) is 0 Å². The molecule has 1 aromatic carbocycles. The number of benzene rings is 1. The summed E-state index contributed by atoms with van der Waals surface area (Å²) >= 11 is 0. The van der Waals surface area contributed by atoms with E-state index in [9.17, 15) is 4.39 Å². The maximum atomic E-state index is 13.7. The van der Waals surface area contributed by atoms with Crippen LogP contribution >= 0.6 is 0 Å². The van der Waals surface area contributed by atoms with Crippen molar-refractivity contribution in [2.45, 2.75) is 40.0 Å². The average Bonchev–Trinajstić information content (AvgIpc) is 2.40. The highest BCUT2D eigenvalue weighted by molar-refractivity contribution is 5.70. The Hall–Kier alpha value is -1.45. The minimum atomic E-state index is -0.388. The Morgan fingerprint density at radius 3 is 2.53 bits per heavy atom. The lowest BCUT2D eigenvalue weighted by Gasteiger charge is -2.25. The zero-order valence-electron chi connectivity index (χ0n) is 12.2. The van der Waals surface area contributed by atoms with Gasteiger partial charge in [-0.25, -0.2) is 4.39 Å². The van der Waals surface area contributed by atoms with Crippen LogP contribution in [-0.2, 0) is 0 Å². The Morgan fingerprint density at radius 1 is 1.21 bits per heavy atom. The first-order chi connectivity index (χ1) is 9.13. The van der Waals surface area contributed by atoms with Crippen molar-refractivity contribution in [3.63, 3.8) is 0 Å². The van der Waals surface area contributed by atoms with E-state index in [2.05, 4.69) is 18.7 Å². The minimum Gasteiger partial charge on any atom is -0.490 e. The number of hydrogen-bond acceptors (Lipinski definition) is 3. The number of nitrogen functional groups attached to an aromatic ring is 1. The van der Waals surface area contributed by atoms with E-state index in [1.165, 1.54) is 6.07 Å². The second kappa shape index (κ2) is 7.87. The van der Waals surface area contributed by atoms with Crippen LogP contribution in [0.3, 0.4) is 0 Å². The summed E-state index contributed by atoms with van der Waals surface area (Å²) in [6.45, 7) is 8.51. The van der Waals surface area contributed by atoms with Crippen molar-refractivity contribution in [1.29, 1.82) is 0 Å². The Morgan fingerprint density at radius 2 is 1.95 bits per heavy atom. The van der Waals surface area contributed by atoms with Crippen LogP contribution in [0.2, 0.25) is 0 Å². The molecular formula is C15H25FN2O.